The second-order valence-electron chi connectivity index (χ2n) is 4.50. The molecule has 1 N–H and O–H groups in total. The van der Waals surface area contributed by atoms with Crippen molar-refractivity contribution in [2.24, 2.45) is 0 Å². The maximum Gasteiger partial charge on any atom is 0.154 e. The lowest BCUT2D eigenvalue weighted by atomic mass is 10.1. The summed E-state index contributed by atoms with van der Waals surface area (Å²) in [6.07, 6.45) is 1.86. The Morgan fingerprint density at radius 2 is 2.14 bits per heavy atom. The Morgan fingerprint density at radius 1 is 1.50 bits per heavy atom. The molecule has 0 amide bonds. The van der Waals surface area contributed by atoms with Gasteiger partial charge in [0.1, 0.15) is 5.67 Å². The van der Waals surface area contributed by atoms with Crippen LogP contribution in [-0.2, 0) is 9.84 Å². The summed E-state index contributed by atoms with van der Waals surface area (Å²) >= 11 is 0. The average molecular weight is 221 g/mol. The fourth-order valence-electron chi connectivity index (χ4n) is 1.86. The first-order chi connectivity index (χ1) is 6.43. The van der Waals surface area contributed by atoms with Crippen LogP contribution in [0.5, 0.6) is 0 Å². The molecule has 1 aliphatic carbocycles. The summed E-state index contributed by atoms with van der Waals surface area (Å²) in [5.41, 5.74) is -1.04. The smallest absolute Gasteiger partial charge is 0.154 e. The number of halogens is 1. The van der Waals surface area contributed by atoms with Crippen molar-refractivity contribution in [1.82, 2.24) is 5.32 Å². The number of rotatable bonds is 3. The molecule has 2 unspecified atom stereocenters. The molecule has 82 valence electrons. The molecule has 14 heavy (non-hydrogen) atoms. The predicted octanol–water partition coefficient (Wildman–Crippen LogP) is 0.654. The summed E-state index contributed by atoms with van der Waals surface area (Å²) in [7, 11) is -2.91. The van der Waals surface area contributed by atoms with Crippen LogP contribution in [0.4, 0.5) is 4.39 Å². The van der Waals surface area contributed by atoms with Crippen molar-refractivity contribution in [2.75, 3.05) is 12.3 Å². The zero-order chi connectivity index (χ0) is 10.4. The van der Waals surface area contributed by atoms with E-state index in [1.807, 2.05) is 0 Å². The molecule has 1 heterocycles. The summed E-state index contributed by atoms with van der Waals surface area (Å²) in [6, 6.07) is -0.0479. The van der Waals surface area contributed by atoms with Gasteiger partial charge in [0.25, 0.3) is 0 Å². The Kier molecular flexibility index (Phi) is 2.34. The topological polar surface area (TPSA) is 46.2 Å². The van der Waals surface area contributed by atoms with Gasteiger partial charge in [-0.1, -0.05) is 0 Å². The summed E-state index contributed by atoms with van der Waals surface area (Å²) < 4.78 is 36.0. The Labute approximate surface area is 84.0 Å². The van der Waals surface area contributed by atoms with Gasteiger partial charge in [-0.05, 0) is 26.2 Å². The van der Waals surface area contributed by atoms with E-state index in [0.29, 0.717) is 25.8 Å². The van der Waals surface area contributed by atoms with Gasteiger partial charge in [-0.2, -0.15) is 0 Å². The highest BCUT2D eigenvalue weighted by Crippen LogP contribution is 2.39. The first-order valence-corrected chi connectivity index (χ1v) is 6.78. The highest BCUT2D eigenvalue weighted by atomic mass is 32.2. The van der Waals surface area contributed by atoms with Gasteiger partial charge in [0.05, 0.1) is 11.0 Å². The molecule has 0 bridgehead atoms. The van der Waals surface area contributed by atoms with Crippen molar-refractivity contribution in [3.8, 4) is 0 Å². The number of hydrogen-bond donors (Lipinski definition) is 1. The molecule has 0 aromatic carbocycles. The monoisotopic (exact) mass is 221 g/mol. The van der Waals surface area contributed by atoms with Crippen molar-refractivity contribution in [2.45, 2.75) is 43.1 Å². The van der Waals surface area contributed by atoms with Crippen LogP contribution in [-0.4, -0.2) is 37.7 Å². The van der Waals surface area contributed by atoms with Gasteiger partial charge in [0.2, 0.25) is 0 Å². The third-order valence-corrected chi connectivity index (χ3v) is 5.59. The summed E-state index contributed by atoms with van der Waals surface area (Å²) in [6.45, 7) is 2.02. The van der Waals surface area contributed by atoms with Gasteiger partial charge >= 0.3 is 0 Å². The minimum Gasteiger partial charge on any atom is -0.309 e. The lowest BCUT2D eigenvalue weighted by Gasteiger charge is -2.17. The van der Waals surface area contributed by atoms with Crippen LogP contribution in [0.25, 0.3) is 0 Å². The first-order valence-electron chi connectivity index (χ1n) is 5.07. The van der Waals surface area contributed by atoms with E-state index in [1.54, 1.807) is 6.92 Å². The van der Waals surface area contributed by atoms with Crippen molar-refractivity contribution in [1.29, 1.82) is 0 Å². The van der Waals surface area contributed by atoms with Crippen molar-refractivity contribution in [3.63, 3.8) is 0 Å². The second kappa shape index (κ2) is 3.17. The fraction of sp³-hybridized carbons (Fsp3) is 1.00. The largest absolute Gasteiger partial charge is 0.309 e. The lowest BCUT2D eigenvalue weighted by molar-refractivity contribution is 0.282. The molecule has 2 fully saturated rings. The minimum atomic E-state index is -2.91. The predicted molar refractivity (Wildman–Crippen MR) is 52.7 cm³/mol. The fourth-order valence-corrected chi connectivity index (χ4v) is 3.54. The molecule has 3 nitrogen and oxygen atoms in total. The maximum absolute atomic E-state index is 13.3. The molecular weight excluding hydrogens is 205 g/mol. The summed E-state index contributed by atoms with van der Waals surface area (Å²) in [5, 5.41) is 2.68. The van der Waals surface area contributed by atoms with Crippen LogP contribution < -0.4 is 5.32 Å². The first kappa shape index (κ1) is 10.4. The van der Waals surface area contributed by atoms with Gasteiger partial charge in [-0.15, -0.1) is 0 Å². The van der Waals surface area contributed by atoms with Crippen LogP contribution in [0.2, 0.25) is 0 Å². The van der Waals surface area contributed by atoms with E-state index >= 15 is 0 Å². The molecular formula is C9H16FNO2S. The van der Waals surface area contributed by atoms with E-state index in [9.17, 15) is 12.8 Å². The molecule has 1 aliphatic heterocycles. The number of sulfone groups is 1. The van der Waals surface area contributed by atoms with E-state index in [0.717, 1.165) is 0 Å². The third kappa shape index (κ3) is 1.93. The van der Waals surface area contributed by atoms with Crippen LogP contribution >= 0.6 is 0 Å². The van der Waals surface area contributed by atoms with Gasteiger partial charge in [-0.3, -0.25) is 0 Å². The molecule has 5 heteroatoms. The van der Waals surface area contributed by atoms with Crippen LogP contribution in [0.3, 0.4) is 0 Å². The molecule has 0 aromatic rings. The normalized spacial score (nSPS) is 38.4. The van der Waals surface area contributed by atoms with E-state index in [-0.39, 0.29) is 17.0 Å². The zero-order valence-corrected chi connectivity index (χ0v) is 9.11. The highest BCUT2D eigenvalue weighted by molar-refractivity contribution is 7.92. The van der Waals surface area contributed by atoms with Gasteiger partial charge < -0.3 is 5.32 Å². The Morgan fingerprint density at radius 3 is 2.57 bits per heavy atom. The van der Waals surface area contributed by atoms with Gasteiger partial charge in [0, 0.05) is 12.6 Å². The SMILES string of the molecule is CC1C(NCC2(F)CC2)CCS1(=O)=O. The highest BCUT2D eigenvalue weighted by Gasteiger charge is 2.45. The van der Waals surface area contributed by atoms with Gasteiger partial charge in [0.15, 0.2) is 9.84 Å². The lowest BCUT2D eigenvalue weighted by Crippen LogP contribution is -2.40. The van der Waals surface area contributed by atoms with Crippen LogP contribution in [0, 0.1) is 0 Å². The third-order valence-electron chi connectivity index (χ3n) is 3.32. The molecule has 2 aliphatic rings. The zero-order valence-electron chi connectivity index (χ0n) is 8.29. The number of nitrogens with one attached hydrogen (secondary N) is 1. The van der Waals surface area contributed by atoms with Crippen LogP contribution in [0.15, 0.2) is 0 Å². The molecule has 2 atom stereocenters. The average Bonchev–Trinajstić information content (AvgIpc) is 2.77. The van der Waals surface area contributed by atoms with Gasteiger partial charge in [-0.25, -0.2) is 12.8 Å². The van der Waals surface area contributed by atoms with Crippen molar-refractivity contribution in [3.05, 3.63) is 0 Å². The Bertz CT molecular complexity index is 324. The molecule has 2 rings (SSSR count). The molecule has 1 saturated carbocycles. The number of alkyl halides is 1. The summed E-state index contributed by atoms with van der Waals surface area (Å²) in [5.74, 6) is 0.241. The minimum absolute atomic E-state index is 0.0479. The standard InChI is InChI=1S/C9H16FNO2S/c1-7-8(2-5-14(7,12)13)11-6-9(10)3-4-9/h7-8,11H,2-6H2,1H3. The molecule has 0 spiro atoms. The Balaban J connectivity index is 1.88. The maximum atomic E-state index is 13.3. The van der Waals surface area contributed by atoms with E-state index in [1.165, 1.54) is 0 Å². The quantitative estimate of drug-likeness (QED) is 0.761. The molecule has 0 radical (unpaired) electrons. The van der Waals surface area contributed by atoms with E-state index in [4.69, 9.17) is 0 Å². The van der Waals surface area contributed by atoms with Crippen LogP contribution in [0.1, 0.15) is 26.2 Å². The van der Waals surface area contributed by atoms with Crippen molar-refractivity contribution >= 4 is 9.84 Å². The Hall–Kier alpha value is -0.160. The number of hydrogen-bond acceptors (Lipinski definition) is 3. The van der Waals surface area contributed by atoms with Crippen molar-refractivity contribution < 1.29 is 12.8 Å². The molecule has 1 saturated heterocycles. The van der Waals surface area contributed by atoms with E-state index < -0.39 is 15.5 Å². The van der Waals surface area contributed by atoms with E-state index in [2.05, 4.69) is 5.32 Å². The molecule has 0 aromatic heterocycles. The summed E-state index contributed by atoms with van der Waals surface area (Å²) in [4.78, 5) is 0. The second-order valence-corrected chi connectivity index (χ2v) is 6.98.